The lowest BCUT2D eigenvalue weighted by molar-refractivity contribution is 0.422. The van der Waals surface area contributed by atoms with Crippen molar-refractivity contribution >= 4 is 0 Å². The van der Waals surface area contributed by atoms with Crippen molar-refractivity contribution in [1.82, 2.24) is 27.4 Å². The number of hydrogen-bond acceptors (Lipinski definition) is 6. The average Bonchev–Trinajstić information content (AvgIpc) is 2.85. The van der Waals surface area contributed by atoms with Gasteiger partial charge in [0.1, 0.15) is 0 Å². The second-order valence-electron chi connectivity index (χ2n) is 9.74. The molecule has 0 bridgehead atoms. The minimum Gasteiger partial charge on any atom is -0.247 e. The molecule has 39 heavy (non-hydrogen) atoms. The van der Waals surface area contributed by atoms with E-state index in [0.29, 0.717) is 17.6 Å². The van der Waals surface area contributed by atoms with Crippen LogP contribution >= 0.6 is 0 Å². The Kier molecular flexibility index (Phi) is 12.3. The third-order valence-corrected chi connectivity index (χ3v) is 5.25. The first kappa shape index (κ1) is 32.8. The molecule has 2 aromatic heterocycles. The van der Waals surface area contributed by atoms with Gasteiger partial charge in [-0.05, 0) is 26.2 Å². The smallest absolute Gasteiger partial charge is 0.247 e. The van der Waals surface area contributed by atoms with Crippen LogP contribution < -0.4 is 34.1 Å². The van der Waals surface area contributed by atoms with Gasteiger partial charge in [0.2, 0.25) is 0 Å². The summed E-state index contributed by atoms with van der Waals surface area (Å²) >= 11 is 0. The standard InChI is InChI=1S/C15H23N3O3.C12H17N3O3/c1-10(2)7-16-13(19)17(8-11(3)4)15(21)18(14(16)20)9-12(5)6;1-4-7-13-10(16)14(8-5-2)12(18)15(9-6-3)11(13)17/h12H,1,3,7-9H2,2,4-6H3;4-5H,1-2,6-9H2,3H3. The van der Waals surface area contributed by atoms with Gasteiger partial charge in [-0.25, -0.2) is 56.2 Å². The lowest BCUT2D eigenvalue weighted by atomic mass is 10.2. The molecule has 0 radical (unpaired) electrons. The summed E-state index contributed by atoms with van der Waals surface area (Å²) in [7, 11) is 0. The molecule has 0 atom stereocenters. The van der Waals surface area contributed by atoms with E-state index in [2.05, 4.69) is 26.3 Å². The van der Waals surface area contributed by atoms with Gasteiger partial charge in [-0.3, -0.25) is 0 Å². The zero-order valence-corrected chi connectivity index (χ0v) is 23.6. The Bertz CT molecular complexity index is 1490. The van der Waals surface area contributed by atoms with Crippen molar-refractivity contribution in [2.45, 2.75) is 80.3 Å². The van der Waals surface area contributed by atoms with E-state index in [1.54, 1.807) is 13.8 Å². The molecule has 0 aliphatic rings. The van der Waals surface area contributed by atoms with E-state index >= 15 is 0 Å². The van der Waals surface area contributed by atoms with Crippen LogP contribution in [0.25, 0.3) is 0 Å². The van der Waals surface area contributed by atoms with Crippen LogP contribution in [0, 0.1) is 5.92 Å². The molecular formula is C27H40N6O6. The maximum Gasteiger partial charge on any atom is 0.336 e. The average molecular weight is 545 g/mol. The predicted octanol–water partition coefficient (Wildman–Crippen LogP) is 0.934. The van der Waals surface area contributed by atoms with Crippen molar-refractivity contribution in [3.8, 4) is 0 Å². The molecule has 0 aliphatic heterocycles. The van der Waals surface area contributed by atoms with Gasteiger partial charge < -0.3 is 0 Å². The maximum absolute atomic E-state index is 12.4. The monoisotopic (exact) mass is 544 g/mol. The molecule has 0 unspecified atom stereocenters. The van der Waals surface area contributed by atoms with E-state index in [9.17, 15) is 28.8 Å². The molecule has 0 spiro atoms. The van der Waals surface area contributed by atoms with E-state index in [-0.39, 0.29) is 45.2 Å². The van der Waals surface area contributed by atoms with Gasteiger partial charge in [-0.1, -0.05) is 57.2 Å². The normalized spacial score (nSPS) is 10.6. The second-order valence-corrected chi connectivity index (χ2v) is 9.74. The van der Waals surface area contributed by atoms with Gasteiger partial charge in [0.25, 0.3) is 0 Å². The third-order valence-electron chi connectivity index (χ3n) is 5.25. The Morgan fingerprint density at radius 3 is 1.28 bits per heavy atom. The number of nitrogens with zero attached hydrogens (tertiary/aromatic N) is 6. The lowest BCUT2D eigenvalue weighted by Crippen LogP contribution is -2.55. The molecule has 2 heterocycles. The Morgan fingerprint density at radius 2 is 0.974 bits per heavy atom. The summed E-state index contributed by atoms with van der Waals surface area (Å²) in [6.45, 7) is 24.5. The van der Waals surface area contributed by atoms with E-state index in [0.717, 1.165) is 27.4 Å². The largest absolute Gasteiger partial charge is 0.336 e. The topological polar surface area (TPSA) is 132 Å². The van der Waals surface area contributed by atoms with Crippen molar-refractivity contribution in [2.24, 2.45) is 5.92 Å². The van der Waals surface area contributed by atoms with Gasteiger partial charge in [0.05, 0.1) is 26.2 Å². The van der Waals surface area contributed by atoms with Crippen molar-refractivity contribution < 1.29 is 0 Å². The van der Waals surface area contributed by atoms with E-state index in [1.165, 1.54) is 12.2 Å². The van der Waals surface area contributed by atoms with Crippen molar-refractivity contribution in [3.63, 3.8) is 0 Å². The molecule has 0 N–H and O–H groups in total. The number of allylic oxidation sites excluding steroid dienone is 4. The molecule has 0 amide bonds. The van der Waals surface area contributed by atoms with Crippen LogP contribution in [-0.4, -0.2) is 27.4 Å². The quantitative estimate of drug-likeness (QED) is 0.365. The fraction of sp³-hybridized carbons (Fsp3) is 0.481. The first-order valence-corrected chi connectivity index (χ1v) is 12.6. The molecule has 2 rings (SSSR count). The molecule has 0 aromatic carbocycles. The minimum atomic E-state index is -0.628. The minimum absolute atomic E-state index is 0.0821. The van der Waals surface area contributed by atoms with E-state index < -0.39 is 34.1 Å². The van der Waals surface area contributed by atoms with Crippen molar-refractivity contribution in [2.75, 3.05) is 0 Å². The van der Waals surface area contributed by atoms with Crippen molar-refractivity contribution in [1.29, 1.82) is 0 Å². The summed E-state index contributed by atoms with van der Waals surface area (Å²) in [6.07, 6.45) is 3.53. The third kappa shape index (κ3) is 8.13. The first-order chi connectivity index (χ1) is 18.2. The van der Waals surface area contributed by atoms with Crippen LogP contribution in [0.3, 0.4) is 0 Å². The fourth-order valence-corrected chi connectivity index (χ4v) is 3.68. The molecule has 12 heteroatoms. The Hall–Kier alpha value is -4.22. The summed E-state index contributed by atoms with van der Waals surface area (Å²) < 4.78 is 6.26. The molecule has 0 saturated heterocycles. The summed E-state index contributed by atoms with van der Waals surface area (Å²) in [4.78, 5) is 73.0. The highest BCUT2D eigenvalue weighted by molar-refractivity contribution is 4.94. The second kappa shape index (κ2) is 14.6. The Balaban J connectivity index is 0.000000395. The highest BCUT2D eigenvalue weighted by atomic mass is 16.2. The van der Waals surface area contributed by atoms with Gasteiger partial charge >= 0.3 is 34.1 Å². The molecule has 214 valence electrons. The Labute approximate surface area is 226 Å². The highest BCUT2D eigenvalue weighted by Crippen LogP contribution is 1.95. The zero-order chi connectivity index (χ0) is 30.0. The Morgan fingerprint density at radius 1 is 0.641 bits per heavy atom. The first-order valence-electron chi connectivity index (χ1n) is 12.6. The van der Waals surface area contributed by atoms with Crippen LogP contribution in [0.2, 0.25) is 0 Å². The predicted molar refractivity (Wildman–Crippen MR) is 154 cm³/mol. The molecule has 12 nitrogen and oxygen atoms in total. The molecular weight excluding hydrogens is 504 g/mol. The molecule has 0 saturated carbocycles. The van der Waals surface area contributed by atoms with Crippen LogP contribution in [-0.2, 0) is 39.3 Å². The van der Waals surface area contributed by atoms with E-state index in [1.807, 2.05) is 20.8 Å². The highest BCUT2D eigenvalue weighted by Gasteiger charge is 2.16. The number of hydrogen-bond donors (Lipinski definition) is 0. The fourth-order valence-electron chi connectivity index (χ4n) is 3.68. The van der Waals surface area contributed by atoms with Gasteiger partial charge in [-0.2, -0.15) is 0 Å². The molecule has 0 fully saturated rings. The molecule has 2 aromatic rings. The van der Waals surface area contributed by atoms with Gasteiger partial charge in [-0.15, -0.1) is 13.2 Å². The van der Waals surface area contributed by atoms with Crippen LogP contribution in [0.1, 0.15) is 41.0 Å². The SMILES string of the molecule is C=C(C)Cn1c(=O)n(CC(=C)C)c(=O)n(CC(C)C)c1=O.C=CCn1c(=O)n(CC=C)c(=O)n(CCC)c1=O. The lowest BCUT2D eigenvalue weighted by Gasteiger charge is -2.15. The van der Waals surface area contributed by atoms with Crippen LogP contribution in [0.5, 0.6) is 0 Å². The zero-order valence-electron chi connectivity index (χ0n) is 23.6. The van der Waals surface area contributed by atoms with Crippen LogP contribution in [0.4, 0.5) is 0 Å². The summed E-state index contributed by atoms with van der Waals surface area (Å²) in [5.41, 5.74) is -2.25. The number of rotatable bonds is 12. The number of aromatic nitrogens is 6. The van der Waals surface area contributed by atoms with E-state index in [4.69, 9.17) is 0 Å². The summed E-state index contributed by atoms with van der Waals surface area (Å²) in [6, 6.07) is 0. The van der Waals surface area contributed by atoms with Gasteiger partial charge in [0, 0.05) is 13.1 Å². The van der Waals surface area contributed by atoms with Crippen molar-refractivity contribution in [3.05, 3.63) is 113 Å². The maximum atomic E-state index is 12.4. The molecule has 0 aliphatic carbocycles. The van der Waals surface area contributed by atoms with Crippen LogP contribution in [0.15, 0.2) is 78.4 Å². The summed E-state index contributed by atoms with van der Waals surface area (Å²) in [5, 5.41) is 0. The summed E-state index contributed by atoms with van der Waals surface area (Å²) in [5.74, 6) is 0.115. The van der Waals surface area contributed by atoms with Gasteiger partial charge in [0.15, 0.2) is 0 Å².